The smallest absolute Gasteiger partial charge is 0.139 e. The van der Waals surface area contributed by atoms with E-state index in [1.807, 2.05) is 37.4 Å². The van der Waals surface area contributed by atoms with Crippen molar-refractivity contribution in [3.05, 3.63) is 64.1 Å². The van der Waals surface area contributed by atoms with Crippen LogP contribution in [0, 0.1) is 5.41 Å². The normalized spacial score (nSPS) is 15.2. The Balaban J connectivity index is 1.67. The lowest BCUT2D eigenvalue weighted by atomic mass is 9.95. The highest BCUT2D eigenvalue weighted by Crippen LogP contribution is 2.30. The summed E-state index contributed by atoms with van der Waals surface area (Å²) < 4.78 is 7.67. The predicted molar refractivity (Wildman–Crippen MR) is 144 cm³/mol. The number of rotatable bonds is 9. The van der Waals surface area contributed by atoms with Crippen LogP contribution in [-0.4, -0.2) is 32.9 Å². The van der Waals surface area contributed by atoms with Gasteiger partial charge >= 0.3 is 0 Å². The number of aliphatic hydroxyl groups is 1. The number of hydrogen-bond acceptors (Lipinski definition) is 5. The first-order valence-corrected chi connectivity index (χ1v) is 12.9. The van der Waals surface area contributed by atoms with Crippen molar-refractivity contribution in [2.24, 2.45) is 0 Å². The van der Waals surface area contributed by atoms with E-state index in [1.165, 1.54) is 32.1 Å². The Morgan fingerprint density at radius 3 is 2.60 bits per heavy atom. The average molecular weight is 495 g/mol. The van der Waals surface area contributed by atoms with Crippen molar-refractivity contribution < 1.29 is 9.84 Å². The predicted octanol–water partition coefficient (Wildman–Crippen LogP) is 7.24. The zero-order chi connectivity index (χ0) is 24.9. The van der Waals surface area contributed by atoms with Gasteiger partial charge in [0, 0.05) is 23.5 Å². The van der Waals surface area contributed by atoms with E-state index < -0.39 is 0 Å². The Labute approximate surface area is 212 Å². The van der Waals surface area contributed by atoms with E-state index in [2.05, 4.69) is 15.8 Å². The van der Waals surface area contributed by atoms with Crippen LogP contribution in [0.25, 0.3) is 11.2 Å². The number of aromatic nitrogens is 2. The van der Waals surface area contributed by atoms with E-state index in [0.29, 0.717) is 34.7 Å². The molecule has 0 radical (unpaired) electrons. The van der Waals surface area contributed by atoms with Crippen LogP contribution < -0.4 is 10.1 Å². The molecule has 0 unspecified atom stereocenters. The Bertz CT molecular complexity index is 1240. The van der Waals surface area contributed by atoms with Crippen LogP contribution in [0.4, 0.5) is 5.82 Å². The van der Waals surface area contributed by atoms with Crippen LogP contribution in [0.2, 0.25) is 5.02 Å². The first-order chi connectivity index (χ1) is 16.9. The van der Waals surface area contributed by atoms with Gasteiger partial charge in [-0.05, 0) is 81.8 Å². The molecule has 2 heterocycles. The summed E-state index contributed by atoms with van der Waals surface area (Å²) in [6.07, 6.45) is 9.71. The van der Waals surface area contributed by atoms with Gasteiger partial charge in [-0.1, -0.05) is 36.9 Å². The second-order valence-corrected chi connectivity index (χ2v) is 9.72. The number of benzene rings is 1. The highest BCUT2D eigenvalue weighted by molar-refractivity contribution is 6.32. The van der Waals surface area contributed by atoms with E-state index in [4.69, 9.17) is 26.7 Å². The Kier molecular flexibility index (Phi) is 8.01. The number of anilines is 1. The van der Waals surface area contributed by atoms with Crippen LogP contribution in [0.1, 0.15) is 69.7 Å². The maximum absolute atomic E-state index is 10.1. The largest absolute Gasteiger partial charge is 0.512 e. The van der Waals surface area contributed by atoms with E-state index in [9.17, 15) is 5.11 Å². The van der Waals surface area contributed by atoms with Gasteiger partial charge in [-0.25, -0.2) is 4.98 Å². The summed E-state index contributed by atoms with van der Waals surface area (Å²) in [4.78, 5) is 4.99. The third-order valence-corrected chi connectivity index (χ3v) is 6.91. The van der Waals surface area contributed by atoms with Crippen molar-refractivity contribution in [3.63, 3.8) is 0 Å². The number of nitrogens with one attached hydrogen (secondary N) is 2. The second kappa shape index (κ2) is 11.2. The molecule has 0 amide bonds. The lowest BCUT2D eigenvalue weighted by molar-refractivity contribution is 0.340. The molecule has 0 spiro atoms. The molecule has 1 aliphatic rings. The standard InChI is InChI=1S/C28H35ClN4O2/c1-4-35-25-13-11-20(16-23(25)29)10-12-24-28(31-22-8-6-5-7-9-22)33-15-14-21(17-26(33)32-24)27(18(2)30)19(3)34/h11,13-17,22,30-31,34H,4-10,12H2,1-3H3/b27-19+,30-18?. The lowest BCUT2D eigenvalue weighted by Gasteiger charge is -2.24. The quantitative estimate of drug-likeness (QED) is 0.216. The van der Waals surface area contributed by atoms with Crippen LogP contribution in [0.3, 0.4) is 0 Å². The number of allylic oxidation sites excluding steroid dienone is 2. The zero-order valence-corrected chi connectivity index (χ0v) is 21.6. The van der Waals surface area contributed by atoms with Gasteiger partial charge in [-0.2, -0.15) is 0 Å². The van der Waals surface area contributed by atoms with Crippen LogP contribution in [-0.2, 0) is 12.8 Å². The van der Waals surface area contributed by atoms with E-state index in [1.54, 1.807) is 13.8 Å². The van der Waals surface area contributed by atoms with Crippen molar-refractivity contribution >= 4 is 34.4 Å². The molecule has 6 nitrogen and oxygen atoms in total. The Morgan fingerprint density at radius 2 is 1.94 bits per heavy atom. The lowest BCUT2D eigenvalue weighted by Crippen LogP contribution is -2.23. The summed E-state index contributed by atoms with van der Waals surface area (Å²) in [7, 11) is 0. The molecule has 1 aliphatic carbocycles. The van der Waals surface area contributed by atoms with E-state index >= 15 is 0 Å². The van der Waals surface area contributed by atoms with Gasteiger partial charge in [0.05, 0.1) is 23.1 Å². The number of fused-ring (bicyclic) bond motifs is 1. The fourth-order valence-electron chi connectivity index (χ4n) is 4.95. The van der Waals surface area contributed by atoms with Gasteiger partial charge in [0.2, 0.25) is 0 Å². The minimum Gasteiger partial charge on any atom is -0.512 e. The maximum atomic E-state index is 10.1. The number of ether oxygens (including phenoxy) is 1. The summed E-state index contributed by atoms with van der Waals surface area (Å²) in [5.41, 5.74) is 4.62. The van der Waals surface area contributed by atoms with Crippen molar-refractivity contribution in [1.82, 2.24) is 9.38 Å². The van der Waals surface area contributed by atoms with Crippen molar-refractivity contribution in [2.45, 2.75) is 71.8 Å². The van der Waals surface area contributed by atoms with Crippen LogP contribution >= 0.6 is 11.6 Å². The summed E-state index contributed by atoms with van der Waals surface area (Å²) in [5.74, 6) is 1.89. The molecule has 0 atom stereocenters. The summed E-state index contributed by atoms with van der Waals surface area (Å²) in [6, 6.07) is 10.3. The Morgan fingerprint density at radius 1 is 1.17 bits per heavy atom. The van der Waals surface area contributed by atoms with Crippen molar-refractivity contribution in [2.75, 3.05) is 11.9 Å². The van der Waals surface area contributed by atoms with Crippen LogP contribution in [0.5, 0.6) is 5.75 Å². The fraction of sp³-hybridized carbons (Fsp3) is 0.429. The average Bonchev–Trinajstić information content (AvgIpc) is 3.16. The van der Waals surface area contributed by atoms with Gasteiger partial charge in [0.15, 0.2) is 0 Å². The van der Waals surface area contributed by atoms with Crippen molar-refractivity contribution in [3.8, 4) is 5.75 Å². The maximum Gasteiger partial charge on any atom is 0.139 e. The molecule has 186 valence electrons. The molecule has 0 bridgehead atoms. The molecular weight excluding hydrogens is 460 g/mol. The number of pyridine rings is 1. The molecular formula is C28H35ClN4O2. The first-order valence-electron chi connectivity index (χ1n) is 12.5. The summed E-state index contributed by atoms with van der Waals surface area (Å²) in [5, 5.41) is 22.7. The fourth-order valence-corrected chi connectivity index (χ4v) is 5.21. The number of aliphatic hydroxyl groups excluding tert-OH is 1. The minimum atomic E-state index is 0.140. The number of halogens is 1. The van der Waals surface area contributed by atoms with Crippen LogP contribution in [0.15, 0.2) is 42.3 Å². The monoisotopic (exact) mass is 494 g/mol. The number of hydrogen-bond donors (Lipinski definition) is 3. The summed E-state index contributed by atoms with van der Waals surface area (Å²) >= 11 is 6.41. The molecule has 4 rings (SSSR count). The molecule has 7 heteroatoms. The van der Waals surface area contributed by atoms with Gasteiger partial charge in [0.25, 0.3) is 0 Å². The van der Waals surface area contributed by atoms with E-state index in [0.717, 1.165) is 41.1 Å². The molecule has 2 aromatic heterocycles. The first kappa shape index (κ1) is 25.1. The minimum absolute atomic E-state index is 0.140. The number of nitrogens with zero attached hydrogens (tertiary/aromatic N) is 2. The SMILES string of the molecule is CCOc1ccc(CCc2nc3cc(/C(C(C)=N)=C(\C)O)ccn3c2NC2CCCCC2)cc1Cl. The molecule has 0 aliphatic heterocycles. The van der Waals surface area contributed by atoms with Crippen molar-refractivity contribution in [1.29, 1.82) is 5.41 Å². The van der Waals surface area contributed by atoms with Gasteiger partial charge in [-0.3, -0.25) is 4.40 Å². The molecule has 1 saturated carbocycles. The zero-order valence-electron chi connectivity index (χ0n) is 20.8. The van der Waals surface area contributed by atoms with E-state index in [-0.39, 0.29) is 5.76 Å². The third-order valence-electron chi connectivity index (χ3n) is 6.62. The highest BCUT2D eigenvalue weighted by atomic mass is 35.5. The van der Waals surface area contributed by atoms with Gasteiger partial charge in [-0.15, -0.1) is 0 Å². The highest BCUT2D eigenvalue weighted by Gasteiger charge is 2.20. The molecule has 1 fully saturated rings. The molecule has 1 aromatic carbocycles. The molecule has 35 heavy (non-hydrogen) atoms. The van der Waals surface area contributed by atoms with Gasteiger partial charge in [0.1, 0.15) is 17.2 Å². The molecule has 3 N–H and O–H groups in total. The number of aryl methyl sites for hydroxylation is 2. The molecule has 3 aromatic rings. The topological polar surface area (TPSA) is 82.6 Å². The second-order valence-electron chi connectivity index (χ2n) is 9.31. The summed E-state index contributed by atoms with van der Waals surface area (Å²) in [6.45, 7) is 5.84. The Hall–Kier alpha value is -2.99. The number of imidazole rings is 1. The molecule has 0 saturated heterocycles. The van der Waals surface area contributed by atoms with Gasteiger partial charge < -0.3 is 20.6 Å². The third kappa shape index (κ3) is 5.81.